The Hall–Kier alpha value is -2.64. The molecule has 1 aliphatic rings. The summed E-state index contributed by atoms with van der Waals surface area (Å²) >= 11 is 5.99. The fraction of sp³-hybridized carbons (Fsp3) is 0.118. The van der Waals surface area contributed by atoms with Gasteiger partial charge in [-0.15, -0.1) is 0 Å². The maximum atomic E-state index is 9.43. The molecule has 0 fully saturated rings. The molecular weight excluding hydrogens is 302 g/mol. The lowest BCUT2D eigenvalue weighted by atomic mass is 10.0. The van der Waals surface area contributed by atoms with Crippen molar-refractivity contribution in [2.45, 2.75) is 0 Å². The normalized spacial score (nSPS) is 12.9. The molecule has 5 heteroatoms. The number of methoxy groups -OCH3 is 1. The molecule has 1 heterocycles. The van der Waals surface area contributed by atoms with Crippen LogP contribution in [-0.2, 0) is 0 Å². The lowest BCUT2D eigenvalue weighted by Gasteiger charge is -2.07. The number of hydrogen-bond acceptors (Lipinski definition) is 4. The second-order valence-electron chi connectivity index (χ2n) is 4.63. The number of rotatable bonds is 3. The number of hydrogen-bond donors (Lipinski definition) is 0. The van der Waals surface area contributed by atoms with Gasteiger partial charge in [0.15, 0.2) is 11.5 Å². The molecule has 0 radical (unpaired) electrons. The van der Waals surface area contributed by atoms with Gasteiger partial charge in [-0.05, 0) is 29.8 Å². The molecule has 0 saturated heterocycles. The Balaban J connectivity index is 2.08. The Kier molecular flexibility index (Phi) is 3.90. The van der Waals surface area contributed by atoms with Crippen molar-refractivity contribution in [1.82, 2.24) is 0 Å². The lowest BCUT2D eigenvalue weighted by Crippen LogP contribution is -1.92. The number of fused-ring (bicyclic) bond motifs is 1. The van der Waals surface area contributed by atoms with Crippen molar-refractivity contribution >= 4 is 23.3 Å². The predicted molar refractivity (Wildman–Crippen MR) is 84.1 cm³/mol. The van der Waals surface area contributed by atoms with E-state index < -0.39 is 0 Å². The first-order valence-electron chi connectivity index (χ1n) is 6.56. The molecule has 4 nitrogen and oxygen atoms in total. The monoisotopic (exact) mass is 313 g/mol. The zero-order valence-electron chi connectivity index (χ0n) is 11.8. The van der Waals surface area contributed by atoms with Crippen LogP contribution in [0.1, 0.15) is 11.1 Å². The van der Waals surface area contributed by atoms with Gasteiger partial charge in [-0.25, -0.2) is 0 Å². The number of allylic oxidation sites excluding steroid dienone is 1. The van der Waals surface area contributed by atoms with Crippen molar-refractivity contribution in [3.8, 4) is 23.3 Å². The van der Waals surface area contributed by atoms with Gasteiger partial charge in [-0.3, -0.25) is 0 Å². The first-order chi connectivity index (χ1) is 10.7. The molecule has 1 aliphatic heterocycles. The van der Waals surface area contributed by atoms with E-state index in [1.54, 1.807) is 43.5 Å². The van der Waals surface area contributed by atoms with Crippen LogP contribution in [0.4, 0.5) is 0 Å². The third-order valence-electron chi connectivity index (χ3n) is 3.28. The number of benzene rings is 2. The first-order valence-corrected chi connectivity index (χ1v) is 6.94. The summed E-state index contributed by atoms with van der Waals surface area (Å²) in [5, 5.41) is 10.0. The highest BCUT2D eigenvalue weighted by molar-refractivity contribution is 6.30. The minimum absolute atomic E-state index is 0.186. The zero-order valence-corrected chi connectivity index (χ0v) is 12.6. The molecule has 0 aromatic heterocycles. The summed E-state index contributed by atoms with van der Waals surface area (Å²) in [5.74, 6) is 1.88. The van der Waals surface area contributed by atoms with Gasteiger partial charge in [0, 0.05) is 16.7 Å². The smallest absolute Gasteiger partial charge is 0.231 e. The van der Waals surface area contributed by atoms with E-state index in [-0.39, 0.29) is 6.79 Å². The van der Waals surface area contributed by atoms with Crippen molar-refractivity contribution in [1.29, 1.82) is 5.26 Å². The van der Waals surface area contributed by atoms with Crippen LogP contribution in [0.3, 0.4) is 0 Å². The van der Waals surface area contributed by atoms with Gasteiger partial charge in [0.25, 0.3) is 0 Å². The van der Waals surface area contributed by atoms with Crippen LogP contribution in [0.15, 0.2) is 36.4 Å². The number of nitriles is 1. The Morgan fingerprint density at radius 2 is 2.05 bits per heavy atom. The van der Waals surface area contributed by atoms with Gasteiger partial charge in [-0.1, -0.05) is 23.7 Å². The van der Waals surface area contributed by atoms with E-state index in [1.807, 2.05) is 6.07 Å². The molecule has 22 heavy (non-hydrogen) atoms. The van der Waals surface area contributed by atoms with E-state index in [2.05, 4.69) is 6.07 Å². The number of halogens is 1. The lowest BCUT2D eigenvalue weighted by molar-refractivity contribution is 0.174. The summed E-state index contributed by atoms with van der Waals surface area (Å²) in [6.07, 6.45) is 1.74. The minimum atomic E-state index is 0.186. The average molecular weight is 314 g/mol. The summed E-state index contributed by atoms with van der Waals surface area (Å²) in [5.41, 5.74) is 1.97. The molecule has 0 aliphatic carbocycles. The van der Waals surface area contributed by atoms with Crippen molar-refractivity contribution in [2.75, 3.05) is 13.9 Å². The molecule has 0 spiro atoms. The highest BCUT2D eigenvalue weighted by Gasteiger charge is 2.17. The van der Waals surface area contributed by atoms with Crippen LogP contribution in [0.25, 0.3) is 11.6 Å². The Morgan fingerprint density at radius 1 is 1.27 bits per heavy atom. The number of ether oxygens (including phenoxy) is 3. The van der Waals surface area contributed by atoms with E-state index in [0.29, 0.717) is 27.8 Å². The maximum absolute atomic E-state index is 9.43. The largest absolute Gasteiger partial charge is 0.496 e. The predicted octanol–water partition coefficient (Wildman–Crippen LogP) is 4.14. The average Bonchev–Trinajstić information content (AvgIpc) is 2.98. The summed E-state index contributed by atoms with van der Waals surface area (Å²) in [4.78, 5) is 0. The van der Waals surface area contributed by atoms with Crippen molar-refractivity contribution in [3.05, 3.63) is 52.5 Å². The fourth-order valence-corrected chi connectivity index (χ4v) is 2.41. The molecule has 0 amide bonds. The van der Waals surface area contributed by atoms with E-state index >= 15 is 0 Å². The van der Waals surface area contributed by atoms with Crippen molar-refractivity contribution in [2.24, 2.45) is 0 Å². The highest BCUT2D eigenvalue weighted by Crippen LogP contribution is 2.39. The van der Waals surface area contributed by atoms with E-state index in [4.69, 9.17) is 25.8 Å². The van der Waals surface area contributed by atoms with Crippen LogP contribution >= 0.6 is 11.6 Å². The third kappa shape index (κ3) is 2.72. The summed E-state index contributed by atoms with van der Waals surface area (Å²) < 4.78 is 16.0. The molecule has 0 bridgehead atoms. The van der Waals surface area contributed by atoms with Gasteiger partial charge in [-0.2, -0.15) is 5.26 Å². The van der Waals surface area contributed by atoms with Gasteiger partial charge < -0.3 is 14.2 Å². The van der Waals surface area contributed by atoms with Gasteiger partial charge in [0.05, 0.1) is 18.8 Å². The van der Waals surface area contributed by atoms with Gasteiger partial charge in [0.2, 0.25) is 6.79 Å². The van der Waals surface area contributed by atoms with Crippen LogP contribution in [0.5, 0.6) is 17.2 Å². The van der Waals surface area contributed by atoms with Gasteiger partial charge >= 0.3 is 0 Å². The summed E-state index contributed by atoms with van der Waals surface area (Å²) in [7, 11) is 1.57. The molecular formula is C17H12ClNO3. The van der Waals surface area contributed by atoms with Gasteiger partial charge in [0.1, 0.15) is 5.75 Å². The SMILES string of the molecule is COc1cc2c(cc1/C=C(/C#N)c1cccc(Cl)c1)OCO2. The van der Waals surface area contributed by atoms with E-state index in [1.165, 1.54) is 0 Å². The first kappa shape index (κ1) is 14.3. The summed E-state index contributed by atoms with van der Waals surface area (Å²) in [6.45, 7) is 0.186. The Morgan fingerprint density at radius 3 is 2.73 bits per heavy atom. The zero-order chi connectivity index (χ0) is 15.5. The molecule has 2 aromatic rings. The molecule has 0 atom stereocenters. The third-order valence-corrected chi connectivity index (χ3v) is 3.52. The maximum Gasteiger partial charge on any atom is 0.231 e. The van der Waals surface area contributed by atoms with E-state index in [0.717, 1.165) is 11.1 Å². The highest BCUT2D eigenvalue weighted by atomic mass is 35.5. The standard InChI is InChI=1S/C17H12ClNO3/c1-20-15-8-17-16(21-10-22-17)7-12(15)5-13(9-19)11-3-2-4-14(18)6-11/h2-8H,10H2,1H3/b13-5-. The van der Waals surface area contributed by atoms with E-state index in [9.17, 15) is 5.26 Å². The minimum Gasteiger partial charge on any atom is -0.496 e. The molecule has 110 valence electrons. The van der Waals surface area contributed by atoms with Crippen molar-refractivity contribution in [3.63, 3.8) is 0 Å². The second kappa shape index (κ2) is 6.00. The quantitative estimate of drug-likeness (QED) is 0.631. The van der Waals surface area contributed by atoms with Crippen LogP contribution in [0.2, 0.25) is 5.02 Å². The fourth-order valence-electron chi connectivity index (χ4n) is 2.22. The molecule has 3 rings (SSSR count). The van der Waals surface area contributed by atoms with Crippen LogP contribution in [0, 0.1) is 11.3 Å². The van der Waals surface area contributed by atoms with Crippen LogP contribution in [-0.4, -0.2) is 13.9 Å². The Labute approximate surface area is 133 Å². The molecule has 0 saturated carbocycles. The summed E-state index contributed by atoms with van der Waals surface area (Å²) in [6, 6.07) is 12.9. The topological polar surface area (TPSA) is 51.5 Å². The molecule has 0 unspecified atom stereocenters. The van der Waals surface area contributed by atoms with Crippen molar-refractivity contribution < 1.29 is 14.2 Å². The number of nitrogens with zero attached hydrogens (tertiary/aromatic N) is 1. The second-order valence-corrected chi connectivity index (χ2v) is 5.06. The Bertz CT molecular complexity index is 793. The molecule has 2 aromatic carbocycles. The van der Waals surface area contributed by atoms with Crippen LogP contribution < -0.4 is 14.2 Å². The molecule has 0 N–H and O–H groups in total.